The number of hydrogen-bond donors (Lipinski definition) is 1. The van der Waals surface area contributed by atoms with Crippen LogP contribution in [0.1, 0.15) is 32.6 Å². The minimum Gasteiger partial charge on any atom is -0.352 e. The molecule has 140 valence electrons. The predicted octanol–water partition coefficient (Wildman–Crippen LogP) is 2.26. The molecule has 9 heteroatoms. The Labute approximate surface area is 161 Å². The first-order chi connectivity index (χ1) is 11.9. The highest BCUT2D eigenvalue weighted by Crippen LogP contribution is 2.29. The molecule has 2 fully saturated rings. The van der Waals surface area contributed by atoms with Crippen LogP contribution in [0, 0.1) is 0 Å². The van der Waals surface area contributed by atoms with Crippen LogP contribution in [0.15, 0.2) is 20.1 Å². The predicted molar refractivity (Wildman–Crippen MR) is 102 cm³/mol. The van der Waals surface area contributed by atoms with Gasteiger partial charge >= 0.3 is 0 Å². The second-order valence-corrected chi connectivity index (χ2v) is 11.3. The number of rotatable bonds is 5. The van der Waals surface area contributed by atoms with E-state index in [9.17, 15) is 13.2 Å². The highest BCUT2D eigenvalue weighted by Gasteiger charge is 2.33. The summed E-state index contributed by atoms with van der Waals surface area (Å²) in [6.45, 7) is 3.89. The Morgan fingerprint density at radius 1 is 1.24 bits per heavy atom. The topological polar surface area (TPSA) is 69.7 Å². The van der Waals surface area contributed by atoms with Gasteiger partial charge in [0.1, 0.15) is 4.21 Å². The lowest BCUT2D eigenvalue weighted by atomic mass is 10.2. The highest BCUT2D eigenvalue weighted by atomic mass is 79.9. The van der Waals surface area contributed by atoms with Gasteiger partial charge in [-0.1, -0.05) is 12.8 Å². The van der Waals surface area contributed by atoms with E-state index >= 15 is 0 Å². The average Bonchev–Trinajstić information content (AvgIpc) is 3.26. The quantitative estimate of drug-likeness (QED) is 0.748. The van der Waals surface area contributed by atoms with Crippen molar-refractivity contribution in [2.24, 2.45) is 0 Å². The molecule has 0 bridgehead atoms. The normalized spacial score (nSPS) is 22.2. The Morgan fingerprint density at radius 3 is 2.44 bits per heavy atom. The summed E-state index contributed by atoms with van der Waals surface area (Å²) >= 11 is 4.54. The van der Waals surface area contributed by atoms with Crippen molar-refractivity contribution in [3.8, 4) is 0 Å². The highest BCUT2D eigenvalue weighted by molar-refractivity contribution is 9.11. The van der Waals surface area contributed by atoms with Crippen molar-refractivity contribution < 1.29 is 13.2 Å². The molecule has 0 aromatic carbocycles. The molecule has 2 heterocycles. The SMILES string of the molecule is CC(C(=O)NC1CCCC1)N1CCN(S(=O)(=O)c2ccc(Br)s2)CC1. The van der Waals surface area contributed by atoms with Crippen LogP contribution in [-0.2, 0) is 14.8 Å². The molecule has 1 aliphatic carbocycles. The van der Waals surface area contributed by atoms with Gasteiger partial charge in [0.15, 0.2) is 0 Å². The summed E-state index contributed by atoms with van der Waals surface area (Å²) in [5, 5.41) is 3.13. The van der Waals surface area contributed by atoms with Gasteiger partial charge < -0.3 is 5.32 Å². The fraction of sp³-hybridized carbons (Fsp3) is 0.688. The van der Waals surface area contributed by atoms with Gasteiger partial charge in [0, 0.05) is 32.2 Å². The van der Waals surface area contributed by atoms with Gasteiger partial charge in [-0.2, -0.15) is 4.31 Å². The lowest BCUT2D eigenvalue weighted by Crippen LogP contribution is -2.55. The van der Waals surface area contributed by atoms with Crippen LogP contribution in [0.4, 0.5) is 0 Å². The molecule has 1 saturated carbocycles. The molecule has 25 heavy (non-hydrogen) atoms. The van der Waals surface area contributed by atoms with Crippen LogP contribution in [0.2, 0.25) is 0 Å². The molecule has 1 amide bonds. The molecule has 1 unspecified atom stereocenters. The summed E-state index contributed by atoms with van der Waals surface area (Å²) in [5.41, 5.74) is 0. The molecule has 1 saturated heterocycles. The van der Waals surface area contributed by atoms with Crippen LogP contribution in [0.25, 0.3) is 0 Å². The van der Waals surface area contributed by atoms with Crippen molar-refractivity contribution in [3.63, 3.8) is 0 Å². The molecule has 1 atom stereocenters. The molecular weight excluding hydrogens is 426 g/mol. The maximum absolute atomic E-state index is 12.7. The van der Waals surface area contributed by atoms with Crippen LogP contribution in [-0.4, -0.2) is 61.8 Å². The molecule has 3 rings (SSSR count). The van der Waals surface area contributed by atoms with Crippen molar-refractivity contribution in [2.75, 3.05) is 26.2 Å². The molecule has 6 nitrogen and oxygen atoms in total. The maximum Gasteiger partial charge on any atom is 0.252 e. The molecule has 0 radical (unpaired) electrons. The van der Waals surface area contributed by atoms with E-state index < -0.39 is 10.0 Å². The first-order valence-electron chi connectivity index (χ1n) is 8.68. The number of piperazine rings is 1. The smallest absolute Gasteiger partial charge is 0.252 e. The first kappa shape index (κ1) is 19.3. The maximum atomic E-state index is 12.7. The molecule has 1 aromatic rings. The summed E-state index contributed by atoms with van der Waals surface area (Å²) in [6, 6.07) is 3.48. The van der Waals surface area contributed by atoms with Gasteiger partial charge in [0.05, 0.1) is 9.83 Å². The minimum absolute atomic E-state index is 0.0606. The van der Waals surface area contributed by atoms with Crippen molar-refractivity contribution in [1.82, 2.24) is 14.5 Å². The molecule has 1 aliphatic heterocycles. The number of amides is 1. The second kappa shape index (κ2) is 8.04. The summed E-state index contributed by atoms with van der Waals surface area (Å²) in [5.74, 6) is 0.0606. The van der Waals surface area contributed by atoms with Crippen molar-refractivity contribution >= 4 is 43.2 Å². The fourth-order valence-electron chi connectivity index (χ4n) is 3.45. The number of nitrogens with one attached hydrogen (secondary N) is 1. The Morgan fingerprint density at radius 2 is 1.88 bits per heavy atom. The lowest BCUT2D eigenvalue weighted by molar-refractivity contribution is -0.127. The zero-order valence-corrected chi connectivity index (χ0v) is 17.5. The van der Waals surface area contributed by atoms with Gasteiger partial charge in [-0.25, -0.2) is 8.42 Å². The minimum atomic E-state index is -3.43. The fourth-order valence-corrected chi connectivity index (χ4v) is 7.04. The zero-order valence-electron chi connectivity index (χ0n) is 14.3. The van der Waals surface area contributed by atoms with E-state index in [0.29, 0.717) is 36.4 Å². The third-order valence-corrected chi connectivity index (χ3v) is 9.03. The summed E-state index contributed by atoms with van der Waals surface area (Å²) in [6.07, 6.45) is 4.52. The van der Waals surface area contributed by atoms with E-state index in [-0.39, 0.29) is 11.9 Å². The van der Waals surface area contributed by atoms with E-state index in [1.54, 1.807) is 12.1 Å². The van der Waals surface area contributed by atoms with Gasteiger partial charge in [-0.3, -0.25) is 9.69 Å². The van der Waals surface area contributed by atoms with Crippen molar-refractivity contribution in [2.45, 2.75) is 48.9 Å². The Bertz CT molecular complexity index is 708. The lowest BCUT2D eigenvalue weighted by Gasteiger charge is -2.36. The van der Waals surface area contributed by atoms with E-state index in [1.807, 2.05) is 6.92 Å². The van der Waals surface area contributed by atoms with E-state index in [4.69, 9.17) is 0 Å². The standard InChI is InChI=1S/C16H24BrN3O3S2/c1-12(16(21)18-13-4-2-3-5-13)19-8-10-20(11-9-19)25(22,23)15-7-6-14(17)24-15/h6-7,12-13H,2-5,8-11H2,1H3,(H,18,21). The van der Waals surface area contributed by atoms with Crippen LogP contribution in [0.3, 0.4) is 0 Å². The van der Waals surface area contributed by atoms with Gasteiger partial charge in [0.25, 0.3) is 10.0 Å². The second-order valence-electron chi connectivity index (χ2n) is 6.66. The summed E-state index contributed by atoms with van der Waals surface area (Å²) in [4.78, 5) is 14.5. The number of sulfonamides is 1. The molecule has 1 N–H and O–H groups in total. The largest absolute Gasteiger partial charge is 0.352 e. The van der Waals surface area contributed by atoms with Crippen molar-refractivity contribution in [1.29, 1.82) is 0 Å². The molecule has 0 spiro atoms. The van der Waals surface area contributed by atoms with E-state index in [0.717, 1.165) is 16.6 Å². The third kappa shape index (κ3) is 4.44. The number of carbonyl (C=O) groups excluding carboxylic acids is 1. The number of thiophene rings is 1. The van der Waals surface area contributed by atoms with Gasteiger partial charge in [-0.15, -0.1) is 11.3 Å². The Kier molecular flexibility index (Phi) is 6.20. The van der Waals surface area contributed by atoms with Gasteiger partial charge in [0.2, 0.25) is 5.91 Å². The van der Waals surface area contributed by atoms with Crippen LogP contribution >= 0.6 is 27.3 Å². The average molecular weight is 450 g/mol. The summed E-state index contributed by atoms with van der Waals surface area (Å²) in [7, 11) is -3.43. The van der Waals surface area contributed by atoms with E-state index in [1.165, 1.54) is 28.5 Å². The zero-order chi connectivity index (χ0) is 18.0. The number of nitrogens with zero attached hydrogens (tertiary/aromatic N) is 2. The Hall–Kier alpha value is -0.480. The van der Waals surface area contributed by atoms with Crippen molar-refractivity contribution in [3.05, 3.63) is 15.9 Å². The molecule has 2 aliphatic rings. The monoisotopic (exact) mass is 449 g/mol. The molecule has 1 aromatic heterocycles. The Balaban J connectivity index is 1.55. The first-order valence-corrected chi connectivity index (χ1v) is 11.7. The third-order valence-electron chi connectivity index (χ3n) is 5.04. The number of halogens is 1. The van der Waals surface area contributed by atoms with Crippen LogP contribution in [0.5, 0.6) is 0 Å². The molecular formula is C16H24BrN3O3S2. The number of hydrogen-bond acceptors (Lipinski definition) is 5. The summed E-state index contributed by atoms with van der Waals surface area (Å²) < 4.78 is 28.0. The van der Waals surface area contributed by atoms with E-state index in [2.05, 4.69) is 26.1 Å². The van der Waals surface area contributed by atoms with Crippen LogP contribution < -0.4 is 5.32 Å². The number of carbonyl (C=O) groups is 1. The van der Waals surface area contributed by atoms with Gasteiger partial charge in [-0.05, 0) is 47.8 Å².